The summed E-state index contributed by atoms with van der Waals surface area (Å²) in [7, 11) is -4.38. The SMILES string of the molecule is CCCCCCCCCCCCCCCOCCOCCOCCOS(=O)(=O)O. The van der Waals surface area contributed by atoms with Gasteiger partial charge >= 0.3 is 10.4 Å². The molecule has 8 heteroatoms. The highest BCUT2D eigenvalue weighted by atomic mass is 32.3. The normalized spacial score (nSPS) is 11.9. The highest BCUT2D eigenvalue weighted by Gasteiger charge is 2.02. The first kappa shape index (κ1) is 28.8. The summed E-state index contributed by atoms with van der Waals surface area (Å²) >= 11 is 0. The fraction of sp³-hybridized carbons (Fsp3) is 1.00. The van der Waals surface area contributed by atoms with E-state index in [1.807, 2.05) is 0 Å². The van der Waals surface area contributed by atoms with Crippen molar-refractivity contribution in [1.82, 2.24) is 0 Å². The molecule has 0 aliphatic carbocycles. The summed E-state index contributed by atoms with van der Waals surface area (Å²) in [6.45, 7) is 4.76. The van der Waals surface area contributed by atoms with E-state index >= 15 is 0 Å². The molecule has 0 radical (unpaired) electrons. The van der Waals surface area contributed by atoms with E-state index in [1.54, 1.807) is 0 Å². The molecule has 0 rings (SSSR count). The number of hydrogen-bond acceptors (Lipinski definition) is 6. The second-order valence-corrected chi connectivity index (χ2v) is 8.42. The maximum absolute atomic E-state index is 10.3. The lowest BCUT2D eigenvalue weighted by Gasteiger charge is -2.07. The molecule has 0 amide bonds. The summed E-state index contributed by atoms with van der Waals surface area (Å²) in [6.07, 6.45) is 17.5. The topological polar surface area (TPSA) is 91.3 Å². The van der Waals surface area contributed by atoms with Crippen LogP contribution in [0.3, 0.4) is 0 Å². The second-order valence-electron chi connectivity index (χ2n) is 7.33. The Morgan fingerprint density at radius 1 is 0.517 bits per heavy atom. The molecule has 0 saturated heterocycles. The molecule has 176 valence electrons. The molecule has 0 aromatic carbocycles. The average Bonchev–Trinajstić information content (AvgIpc) is 2.67. The zero-order chi connectivity index (χ0) is 21.5. The zero-order valence-electron chi connectivity index (χ0n) is 18.4. The predicted molar refractivity (Wildman–Crippen MR) is 116 cm³/mol. The Balaban J connectivity index is 3.03. The molecule has 0 atom stereocenters. The Labute approximate surface area is 178 Å². The van der Waals surface area contributed by atoms with Crippen molar-refractivity contribution in [2.24, 2.45) is 0 Å². The van der Waals surface area contributed by atoms with Crippen LogP contribution in [0.15, 0.2) is 0 Å². The summed E-state index contributed by atoms with van der Waals surface area (Å²) in [6, 6.07) is 0. The van der Waals surface area contributed by atoms with Crippen LogP contribution in [0, 0.1) is 0 Å². The van der Waals surface area contributed by atoms with Crippen molar-refractivity contribution in [2.75, 3.05) is 46.2 Å². The first-order chi connectivity index (χ1) is 14.1. The molecule has 0 fully saturated rings. The minimum absolute atomic E-state index is 0.0820. The van der Waals surface area contributed by atoms with E-state index in [1.165, 1.54) is 77.0 Å². The van der Waals surface area contributed by atoms with Crippen molar-refractivity contribution in [2.45, 2.75) is 90.4 Å². The van der Waals surface area contributed by atoms with Crippen LogP contribution < -0.4 is 0 Å². The molecule has 0 aliphatic heterocycles. The van der Waals surface area contributed by atoms with Crippen LogP contribution in [0.4, 0.5) is 0 Å². The predicted octanol–water partition coefficient (Wildman–Crippen LogP) is 4.95. The van der Waals surface area contributed by atoms with Crippen molar-refractivity contribution >= 4 is 10.4 Å². The van der Waals surface area contributed by atoms with Gasteiger partial charge < -0.3 is 14.2 Å². The average molecular weight is 441 g/mol. The molecule has 0 aromatic rings. The van der Waals surface area contributed by atoms with E-state index in [-0.39, 0.29) is 13.2 Å². The lowest BCUT2D eigenvalue weighted by molar-refractivity contribution is 0.00854. The van der Waals surface area contributed by atoms with Crippen LogP contribution in [-0.4, -0.2) is 59.2 Å². The van der Waals surface area contributed by atoms with Gasteiger partial charge in [-0.15, -0.1) is 0 Å². The van der Waals surface area contributed by atoms with Gasteiger partial charge in [0, 0.05) is 6.61 Å². The van der Waals surface area contributed by atoms with E-state index < -0.39 is 10.4 Å². The molecule has 0 heterocycles. The van der Waals surface area contributed by atoms with E-state index in [9.17, 15) is 8.42 Å². The van der Waals surface area contributed by atoms with Crippen molar-refractivity contribution < 1.29 is 31.4 Å². The smallest absolute Gasteiger partial charge is 0.379 e. The van der Waals surface area contributed by atoms with Gasteiger partial charge in [-0.05, 0) is 6.42 Å². The van der Waals surface area contributed by atoms with E-state index in [4.69, 9.17) is 18.8 Å². The third kappa shape index (κ3) is 27.8. The highest BCUT2D eigenvalue weighted by molar-refractivity contribution is 7.80. The van der Waals surface area contributed by atoms with Crippen LogP contribution in [0.5, 0.6) is 0 Å². The number of ether oxygens (including phenoxy) is 3. The van der Waals surface area contributed by atoms with E-state index in [0.29, 0.717) is 26.4 Å². The molecule has 0 spiro atoms. The van der Waals surface area contributed by atoms with Crippen LogP contribution >= 0.6 is 0 Å². The van der Waals surface area contributed by atoms with Gasteiger partial charge in [0.2, 0.25) is 0 Å². The van der Waals surface area contributed by atoms with Crippen molar-refractivity contribution in [3.05, 3.63) is 0 Å². The molecule has 7 nitrogen and oxygen atoms in total. The molecule has 1 N–H and O–H groups in total. The first-order valence-electron chi connectivity index (χ1n) is 11.4. The Morgan fingerprint density at radius 3 is 1.28 bits per heavy atom. The van der Waals surface area contributed by atoms with Crippen molar-refractivity contribution in [3.8, 4) is 0 Å². The van der Waals surface area contributed by atoms with Gasteiger partial charge in [0.05, 0.1) is 39.6 Å². The Hall–Kier alpha value is -0.250. The molecule has 0 aromatic heterocycles. The maximum Gasteiger partial charge on any atom is 0.397 e. The second kappa shape index (κ2) is 22.4. The van der Waals surface area contributed by atoms with E-state index in [2.05, 4.69) is 11.1 Å². The third-order valence-corrected chi connectivity index (χ3v) is 5.06. The monoisotopic (exact) mass is 440 g/mol. The quantitative estimate of drug-likeness (QED) is 0.168. The first-order valence-corrected chi connectivity index (χ1v) is 12.8. The third-order valence-electron chi connectivity index (χ3n) is 4.60. The van der Waals surface area contributed by atoms with Gasteiger partial charge in [-0.25, -0.2) is 4.18 Å². The minimum atomic E-state index is -4.38. The zero-order valence-corrected chi connectivity index (χ0v) is 19.3. The van der Waals surface area contributed by atoms with Gasteiger partial charge in [-0.1, -0.05) is 84.0 Å². The molecular formula is C21H44O7S. The molecule has 0 bridgehead atoms. The summed E-state index contributed by atoms with van der Waals surface area (Å²) in [5.41, 5.74) is 0. The van der Waals surface area contributed by atoms with Crippen LogP contribution in [0.1, 0.15) is 90.4 Å². The summed E-state index contributed by atoms with van der Waals surface area (Å²) in [5.74, 6) is 0. The standard InChI is InChI=1S/C21H44O7S/c1-2-3-4-5-6-7-8-9-10-11-12-13-14-15-25-16-17-26-18-19-27-20-21-28-29(22,23)24/h2-21H2,1H3,(H,22,23,24). The van der Waals surface area contributed by atoms with Crippen molar-refractivity contribution in [3.63, 3.8) is 0 Å². The Morgan fingerprint density at radius 2 is 0.862 bits per heavy atom. The van der Waals surface area contributed by atoms with Gasteiger partial charge in [-0.2, -0.15) is 8.42 Å². The van der Waals surface area contributed by atoms with Crippen LogP contribution in [-0.2, 0) is 28.8 Å². The van der Waals surface area contributed by atoms with E-state index in [0.717, 1.165) is 13.0 Å². The number of rotatable bonds is 24. The number of unbranched alkanes of at least 4 members (excludes halogenated alkanes) is 12. The van der Waals surface area contributed by atoms with Crippen LogP contribution in [0.25, 0.3) is 0 Å². The molecule has 29 heavy (non-hydrogen) atoms. The molecule has 0 unspecified atom stereocenters. The summed E-state index contributed by atoms with van der Waals surface area (Å²) in [4.78, 5) is 0. The lowest BCUT2D eigenvalue weighted by Crippen LogP contribution is -2.13. The maximum atomic E-state index is 10.3. The summed E-state index contributed by atoms with van der Waals surface area (Å²) in [5, 5.41) is 0. The lowest BCUT2D eigenvalue weighted by atomic mass is 10.0. The summed E-state index contributed by atoms with van der Waals surface area (Å²) < 4.78 is 49.0. The molecule has 0 aliphatic rings. The van der Waals surface area contributed by atoms with Crippen LogP contribution in [0.2, 0.25) is 0 Å². The number of hydrogen-bond donors (Lipinski definition) is 1. The highest BCUT2D eigenvalue weighted by Crippen LogP contribution is 2.12. The van der Waals surface area contributed by atoms with Gasteiger partial charge in [-0.3, -0.25) is 4.55 Å². The molecular weight excluding hydrogens is 396 g/mol. The minimum Gasteiger partial charge on any atom is -0.379 e. The van der Waals surface area contributed by atoms with Gasteiger partial charge in [0.25, 0.3) is 0 Å². The Bertz CT molecular complexity index is 415. The fourth-order valence-corrected chi connectivity index (χ4v) is 3.24. The van der Waals surface area contributed by atoms with Gasteiger partial charge in [0.15, 0.2) is 0 Å². The largest absolute Gasteiger partial charge is 0.397 e. The Kier molecular flexibility index (Phi) is 22.2. The van der Waals surface area contributed by atoms with Gasteiger partial charge in [0.1, 0.15) is 0 Å². The fourth-order valence-electron chi connectivity index (χ4n) is 2.96. The molecule has 0 saturated carbocycles. The van der Waals surface area contributed by atoms with Crippen molar-refractivity contribution in [1.29, 1.82) is 0 Å².